The van der Waals surface area contributed by atoms with E-state index in [0.29, 0.717) is 12.8 Å². The van der Waals surface area contributed by atoms with E-state index in [4.69, 9.17) is 11.6 Å². The molecule has 1 aliphatic heterocycles. The molecular weight excluding hydrogens is 296 g/mol. The molecule has 19 heavy (non-hydrogen) atoms. The summed E-state index contributed by atoms with van der Waals surface area (Å²) in [6.45, 7) is 0. The molecule has 3 nitrogen and oxygen atoms in total. The monoisotopic (exact) mass is 307 g/mol. The highest BCUT2D eigenvalue weighted by Crippen LogP contribution is 2.57. The molecule has 0 aromatic carbocycles. The van der Waals surface area contributed by atoms with Crippen molar-refractivity contribution in [3.05, 3.63) is 28.8 Å². The zero-order valence-corrected chi connectivity index (χ0v) is 11.6. The van der Waals surface area contributed by atoms with E-state index in [9.17, 15) is 12.8 Å². The van der Waals surface area contributed by atoms with Gasteiger partial charge in [-0.25, -0.2) is 17.8 Å². The number of rotatable bonds is 1. The molecule has 1 saturated carbocycles. The molecule has 0 bridgehead atoms. The van der Waals surface area contributed by atoms with E-state index in [1.807, 2.05) is 0 Å². The lowest BCUT2D eigenvalue weighted by atomic mass is 9.88. The van der Waals surface area contributed by atoms with Crippen LogP contribution in [0.3, 0.4) is 0 Å². The highest BCUT2D eigenvalue weighted by Gasteiger charge is 2.62. The van der Waals surface area contributed by atoms with Crippen molar-refractivity contribution >= 4 is 21.4 Å². The number of pyridine rings is 1. The van der Waals surface area contributed by atoms with Gasteiger partial charge in [-0.2, -0.15) is 4.39 Å². The number of hydrogen-bond donors (Lipinski definition) is 0. The summed E-state index contributed by atoms with van der Waals surface area (Å²) >= 11 is 5.73. The van der Waals surface area contributed by atoms with Crippen LogP contribution in [0.25, 0.3) is 0 Å². The Kier molecular flexibility index (Phi) is 2.71. The number of nitrogens with zero attached hydrogens (tertiary/aromatic N) is 1. The van der Waals surface area contributed by atoms with Crippen molar-refractivity contribution in [3.8, 4) is 0 Å². The molecule has 2 heterocycles. The van der Waals surface area contributed by atoms with E-state index in [1.54, 1.807) is 0 Å². The van der Waals surface area contributed by atoms with E-state index in [2.05, 4.69) is 4.98 Å². The molecule has 0 radical (unpaired) electrons. The topological polar surface area (TPSA) is 47.0 Å². The molecule has 1 aliphatic carbocycles. The van der Waals surface area contributed by atoms with E-state index < -0.39 is 26.2 Å². The molecule has 1 spiro atoms. The van der Waals surface area contributed by atoms with Crippen molar-refractivity contribution < 1.29 is 17.2 Å². The summed E-state index contributed by atoms with van der Waals surface area (Å²) < 4.78 is 51.6. The zero-order valence-electron chi connectivity index (χ0n) is 10.00. The van der Waals surface area contributed by atoms with Gasteiger partial charge in [-0.15, -0.1) is 0 Å². The summed E-state index contributed by atoms with van der Waals surface area (Å²) in [6.07, 6.45) is 1.58. The zero-order chi connectivity index (χ0) is 13.9. The van der Waals surface area contributed by atoms with Gasteiger partial charge in [0.2, 0.25) is 5.95 Å². The van der Waals surface area contributed by atoms with Crippen LogP contribution in [-0.2, 0) is 15.5 Å². The van der Waals surface area contributed by atoms with Crippen LogP contribution >= 0.6 is 11.6 Å². The van der Waals surface area contributed by atoms with Gasteiger partial charge in [0.25, 0.3) is 0 Å². The maximum Gasteiger partial charge on any atom is 0.219 e. The summed E-state index contributed by atoms with van der Waals surface area (Å²) in [5.74, 6) is -1.17. The Morgan fingerprint density at radius 2 is 2.00 bits per heavy atom. The molecule has 3 rings (SSSR count). The van der Waals surface area contributed by atoms with Crippen molar-refractivity contribution in [2.45, 2.75) is 36.1 Å². The Hall–Kier alpha value is -0.750. The van der Waals surface area contributed by atoms with Crippen molar-refractivity contribution in [2.24, 2.45) is 0 Å². The van der Waals surface area contributed by atoms with Gasteiger partial charge in [0.05, 0.1) is 15.5 Å². The van der Waals surface area contributed by atoms with Gasteiger partial charge in [-0.1, -0.05) is 11.6 Å². The molecule has 2 fully saturated rings. The fourth-order valence-corrected chi connectivity index (χ4v) is 5.17. The maximum absolute atomic E-state index is 15.0. The lowest BCUT2D eigenvalue weighted by Gasteiger charge is -2.35. The number of aromatic nitrogens is 1. The summed E-state index contributed by atoms with van der Waals surface area (Å²) in [5.41, 5.74) is -2.22. The molecule has 0 amide bonds. The Morgan fingerprint density at radius 3 is 2.63 bits per heavy atom. The van der Waals surface area contributed by atoms with Crippen LogP contribution in [-0.4, -0.2) is 23.9 Å². The van der Waals surface area contributed by atoms with E-state index in [-0.39, 0.29) is 29.2 Å². The van der Waals surface area contributed by atoms with Gasteiger partial charge in [0, 0.05) is 18.2 Å². The average Bonchev–Trinajstić information content (AvgIpc) is 3.10. The van der Waals surface area contributed by atoms with Gasteiger partial charge in [0.15, 0.2) is 9.84 Å². The van der Waals surface area contributed by atoms with E-state index >= 15 is 4.39 Å². The Balaban J connectivity index is 2.03. The fourth-order valence-electron chi connectivity index (χ4n) is 2.82. The van der Waals surface area contributed by atoms with E-state index in [1.165, 1.54) is 6.07 Å². The second kappa shape index (κ2) is 3.88. The molecule has 1 aromatic heterocycles. The molecular formula is C12H12ClF2NO2S. The molecule has 0 N–H and O–H groups in total. The predicted octanol–water partition coefficient (Wildman–Crippen LogP) is 2.78. The van der Waals surface area contributed by atoms with Gasteiger partial charge in [0.1, 0.15) is 5.67 Å². The highest BCUT2D eigenvalue weighted by atomic mass is 35.5. The first kappa shape index (κ1) is 13.2. The summed E-state index contributed by atoms with van der Waals surface area (Å²) in [7, 11) is -3.27. The molecule has 7 heteroatoms. The summed E-state index contributed by atoms with van der Waals surface area (Å²) in [6, 6.07) is 1.21. The third-order valence-electron chi connectivity index (χ3n) is 4.13. The minimum atomic E-state index is -3.27. The Morgan fingerprint density at radius 1 is 1.32 bits per heavy atom. The second-order valence-corrected chi connectivity index (χ2v) is 8.33. The number of halogens is 3. The smallest absolute Gasteiger partial charge is 0.219 e. The van der Waals surface area contributed by atoms with Crippen LogP contribution in [0, 0.1) is 5.95 Å². The fraction of sp³-hybridized carbons (Fsp3) is 0.583. The average molecular weight is 308 g/mol. The first-order valence-electron chi connectivity index (χ1n) is 6.01. The standard InChI is InChI=1S/C12H12ClF2NO2S/c13-8-5-9(10(14)16-6-8)12(15)3-4-19(17,18)11(7-12)1-2-11/h5-6H,1-4,7H2. The van der Waals surface area contributed by atoms with Gasteiger partial charge >= 0.3 is 0 Å². The minimum Gasteiger partial charge on any atom is -0.238 e. The van der Waals surface area contributed by atoms with Crippen molar-refractivity contribution in [1.29, 1.82) is 0 Å². The molecule has 1 saturated heterocycles. The SMILES string of the molecule is O=S1(=O)CCC(F)(c2cc(Cl)cnc2F)CC12CC2. The molecule has 1 aromatic rings. The van der Waals surface area contributed by atoms with E-state index in [0.717, 1.165) is 6.20 Å². The first-order valence-corrected chi connectivity index (χ1v) is 8.04. The number of hydrogen-bond acceptors (Lipinski definition) is 3. The van der Waals surface area contributed by atoms with Crippen molar-refractivity contribution in [3.63, 3.8) is 0 Å². The van der Waals surface area contributed by atoms with Crippen LogP contribution in [0.1, 0.15) is 31.2 Å². The molecule has 1 atom stereocenters. The van der Waals surface area contributed by atoms with Crippen LogP contribution < -0.4 is 0 Å². The van der Waals surface area contributed by atoms with Gasteiger partial charge in [-0.05, 0) is 25.3 Å². The van der Waals surface area contributed by atoms with Crippen molar-refractivity contribution in [1.82, 2.24) is 4.98 Å². The summed E-state index contributed by atoms with van der Waals surface area (Å²) in [5, 5.41) is 0.145. The predicted molar refractivity (Wildman–Crippen MR) is 67.0 cm³/mol. The first-order chi connectivity index (χ1) is 8.78. The number of alkyl halides is 1. The Labute approximate surface area is 114 Å². The quantitative estimate of drug-likeness (QED) is 0.750. The second-order valence-electron chi connectivity index (χ2n) is 5.39. The normalized spacial score (nSPS) is 31.3. The minimum absolute atomic E-state index is 0.145. The maximum atomic E-state index is 15.0. The largest absolute Gasteiger partial charge is 0.238 e. The van der Waals surface area contributed by atoms with Crippen LogP contribution in [0.4, 0.5) is 8.78 Å². The third-order valence-corrected chi connectivity index (χ3v) is 6.95. The van der Waals surface area contributed by atoms with Crippen LogP contribution in [0.2, 0.25) is 5.02 Å². The van der Waals surface area contributed by atoms with Crippen molar-refractivity contribution in [2.75, 3.05) is 5.75 Å². The van der Waals surface area contributed by atoms with Crippen LogP contribution in [0.5, 0.6) is 0 Å². The third kappa shape index (κ3) is 1.96. The molecule has 2 aliphatic rings. The van der Waals surface area contributed by atoms with Gasteiger partial charge < -0.3 is 0 Å². The molecule has 104 valence electrons. The lowest BCUT2D eigenvalue weighted by molar-refractivity contribution is 0.125. The van der Waals surface area contributed by atoms with Crippen LogP contribution in [0.15, 0.2) is 12.3 Å². The number of sulfone groups is 1. The summed E-state index contributed by atoms with van der Waals surface area (Å²) in [4.78, 5) is 3.42. The lowest BCUT2D eigenvalue weighted by Crippen LogP contribution is -2.42. The van der Waals surface area contributed by atoms with Gasteiger partial charge in [-0.3, -0.25) is 0 Å². The molecule has 1 unspecified atom stereocenters. The Bertz CT molecular complexity index is 645. The highest BCUT2D eigenvalue weighted by molar-refractivity contribution is 7.93.